The molecule has 1 aromatic carbocycles. The first-order chi connectivity index (χ1) is 9.16. The number of hydrogen-bond acceptors (Lipinski definition) is 2. The van der Waals surface area contributed by atoms with Gasteiger partial charge in [0.25, 0.3) is 0 Å². The van der Waals surface area contributed by atoms with Gasteiger partial charge in [-0.25, -0.2) is 0 Å². The molecule has 102 valence electrons. The third-order valence-electron chi connectivity index (χ3n) is 3.32. The Kier molecular flexibility index (Phi) is 4.78. The minimum atomic E-state index is 0.0860. The van der Waals surface area contributed by atoms with Crippen molar-refractivity contribution in [3.05, 3.63) is 41.5 Å². The predicted octanol–water partition coefficient (Wildman–Crippen LogP) is 4.55. The molecule has 1 aliphatic carbocycles. The molecule has 0 heterocycles. The summed E-state index contributed by atoms with van der Waals surface area (Å²) in [6.07, 6.45) is 7.51. The molecule has 0 N–H and O–H groups in total. The van der Waals surface area contributed by atoms with E-state index in [2.05, 4.69) is 6.08 Å². The second kappa shape index (κ2) is 6.55. The van der Waals surface area contributed by atoms with Gasteiger partial charge in [-0.05, 0) is 51.7 Å². The standard InChI is InChI=1S/C17H22O2/c1-13(2)19-17-11-7-6-10-15(17)16(18)12-14-8-4-3-5-9-14/h6-8,10-11,13H,3-5,9,12H2,1-2H3. The molecule has 0 amide bonds. The highest BCUT2D eigenvalue weighted by Gasteiger charge is 2.15. The maximum absolute atomic E-state index is 12.4. The summed E-state index contributed by atoms with van der Waals surface area (Å²) >= 11 is 0. The van der Waals surface area contributed by atoms with Crippen LogP contribution in [0, 0.1) is 0 Å². The van der Waals surface area contributed by atoms with Crippen molar-refractivity contribution in [3.63, 3.8) is 0 Å². The van der Waals surface area contributed by atoms with E-state index < -0.39 is 0 Å². The van der Waals surface area contributed by atoms with Crippen molar-refractivity contribution in [1.29, 1.82) is 0 Å². The Balaban J connectivity index is 2.12. The zero-order chi connectivity index (χ0) is 13.7. The summed E-state index contributed by atoms with van der Waals surface area (Å²) in [6, 6.07) is 7.55. The predicted molar refractivity (Wildman–Crippen MR) is 77.7 cm³/mol. The molecule has 0 aliphatic heterocycles. The van der Waals surface area contributed by atoms with Gasteiger partial charge in [-0.15, -0.1) is 0 Å². The molecule has 0 radical (unpaired) electrons. The molecular formula is C17H22O2. The summed E-state index contributed by atoms with van der Waals surface area (Å²) < 4.78 is 5.72. The number of carbonyl (C=O) groups excluding carboxylic acids is 1. The van der Waals surface area contributed by atoms with Gasteiger partial charge in [0, 0.05) is 6.42 Å². The van der Waals surface area contributed by atoms with Crippen molar-refractivity contribution in [1.82, 2.24) is 0 Å². The molecule has 2 nitrogen and oxygen atoms in total. The summed E-state index contributed by atoms with van der Waals surface area (Å²) in [5.41, 5.74) is 2.00. The topological polar surface area (TPSA) is 26.3 Å². The molecule has 0 spiro atoms. The first-order valence-corrected chi connectivity index (χ1v) is 7.13. The fourth-order valence-corrected chi connectivity index (χ4v) is 2.42. The minimum absolute atomic E-state index is 0.0860. The van der Waals surface area contributed by atoms with E-state index in [1.165, 1.54) is 18.4 Å². The molecule has 0 unspecified atom stereocenters. The average molecular weight is 258 g/mol. The largest absolute Gasteiger partial charge is 0.490 e. The number of allylic oxidation sites excluding steroid dienone is 2. The molecule has 2 rings (SSSR count). The van der Waals surface area contributed by atoms with Crippen molar-refractivity contribution in [2.45, 2.75) is 52.1 Å². The van der Waals surface area contributed by atoms with Gasteiger partial charge in [-0.1, -0.05) is 23.8 Å². The number of rotatable bonds is 5. The van der Waals surface area contributed by atoms with Gasteiger partial charge >= 0.3 is 0 Å². The van der Waals surface area contributed by atoms with Crippen LogP contribution in [0.25, 0.3) is 0 Å². The minimum Gasteiger partial charge on any atom is -0.490 e. The van der Waals surface area contributed by atoms with E-state index in [0.717, 1.165) is 12.8 Å². The van der Waals surface area contributed by atoms with Gasteiger partial charge in [0.2, 0.25) is 0 Å². The lowest BCUT2D eigenvalue weighted by Gasteiger charge is -2.15. The lowest BCUT2D eigenvalue weighted by molar-refractivity contribution is 0.0986. The fraction of sp³-hybridized carbons (Fsp3) is 0.471. The Morgan fingerprint density at radius 2 is 2.05 bits per heavy atom. The lowest BCUT2D eigenvalue weighted by Crippen LogP contribution is -2.10. The molecule has 2 heteroatoms. The Hall–Kier alpha value is -1.57. The van der Waals surface area contributed by atoms with Gasteiger partial charge in [-0.3, -0.25) is 4.79 Å². The van der Waals surface area contributed by atoms with Crippen LogP contribution in [0.2, 0.25) is 0 Å². The highest BCUT2D eigenvalue weighted by atomic mass is 16.5. The molecule has 0 atom stereocenters. The first kappa shape index (κ1) is 13.9. The highest BCUT2D eigenvalue weighted by Crippen LogP contribution is 2.26. The summed E-state index contributed by atoms with van der Waals surface area (Å²) in [5, 5.41) is 0. The van der Waals surface area contributed by atoms with E-state index in [-0.39, 0.29) is 11.9 Å². The number of carbonyl (C=O) groups is 1. The zero-order valence-electron chi connectivity index (χ0n) is 11.8. The zero-order valence-corrected chi connectivity index (χ0v) is 11.8. The number of ether oxygens (including phenoxy) is 1. The van der Waals surface area contributed by atoms with E-state index in [9.17, 15) is 4.79 Å². The van der Waals surface area contributed by atoms with Crippen LogP contribution in [-0.2, 0) is 0 Å². The molecule has 0 bridgehead atoms. The molecule has 0 aromatic heterocycles. The number of hydrogen-bond donors (Lipinski definition) is 0. The van der Waals surface area contributed by atoms with E-state index in [1.54, 1.807) is 0 Å². The van der Waals surface area contributed by atoms with Crippen LogP contribution in [0.4, 0.5) is 0 Å². The maximum Gasteiger partial charge on any atom is 0.170 e. The van der Waals surface area contributed by atoms with Gasteiger partial charge in [0.05, 0.1) is 11.7 Å². The van der Waals surface area contributed by atoms with Gasteiger partial charge in [-0.2, -0.15) is 0 Å². The number of ketones is 1. The maximum atomic E-state index is 12.4. The van der Waals surface area contributed by atoms with E-state index in [4.69, 9.17) is 4.74 Å². The Labute approximate surface area is 115 Å². The quantitative estimate of drug-likeness (QED) is 0.572. The van der Waals surface area contributed by atoms with E-state index >= 15 is 0 Å². The van der Waals surface area contributed by atoms with Crippen molar-refractivity contribution in [3.8, 4) is 5.75 Å². The summed E-state index contributed by atoms with van der Waals surface area (Å²) in [5.74, 6) is 0.878. The van der Waals surface area contributed by atoms with Crippen LogP contribution >= 0.6 is 0 Å². The summed E-state index contributed by atoms with van der Waals surface area (Å²) in [6.45, 7) is 3.95. The van der Waals surface area contributed by atoms with Crippen LogP contribution in [0.15, 0.2) is 35.9 Å². The number of benzene rings is 1. The second-order valence-electron chi connectivity index (χ2n) is 5.37. The van der Waals surface area contributed by atoms with Crippen molar-refractivity contribution < 1.29 is 9.53 Å². The molecule has 19 heavy (non-hydrogen) atoms. The third kappa shape index (κ3) is 3.95. The SMILES string of the molecule is CC(C)Oc1ccccc1C(=O)CC1=CCCCC1. The lowest BCUT2D eigenvalue weighted by atomic mass is 9.93. The molecular weight excluding hydrogens is 236 g/mol. The van der Waals surface area contributed by atoms with Crippen LogP contribution in [0.3, 0.4) is 0 Å². The molecule has 1 aliphatic rings. The van der Waals surface area contributed by atoms with E-state index in [1.807, 2.05) is 38.1 Å². The normalized spacial score (nSPS) is 15.2. The Morgan fingerprint density at radius 1 is 1.26 bits per heavy atom. The van der Waals surface area contributed by atoms with E-state index in [0.29, 0.717) is 17.7 Å². The van der Waals surface area contributed by atoms with Crippen molar-refractivity contribution >= 4 is 5.78 Å². The molecule has 1 aromatic rings. The number of para-hydroxylation sites is 1. The molecule has 0 saturated carbocycles. The third-order valence-corrected chi connectivity index (χ3v) is 3.32. The summed E-state index contributed by atoms with van der Waals surface area (Å²) in [7, 11) is 0. The number of Topliss-reactive ketones (excluding diaryl/α,β-unsaturated/α-hetero) is 1. The highest BCUT2D eigenvalue weighted by molar-refractivity contribution is 6.00. The first-order valence-electron chi connectivity index (χ1n) is 7.13. The Morgan fingerprint density at radius 3 is 2.74 bits per heavy atom. The van der Waals surface area contributed by atoms with Crippen LogP contribution < -0.4 is 4.74 Å². The molecule has 0 fully saturated rings. The van der Waals surface area contributed by atoms with Crippen LogP contribution in [0.1, 0.15) is 56.3 Å². The second-order valence-corrected chi connectivity index (χ2v) is 5.37. The van der Waals surface area contributed by atoms with Gasteiger partial charge in [0.15, 0.2) is 5.78 Å². The molecule has 0 saturated heterocycles. The van der Waals surface area contributed by atoms with Gasteiger partial charge < -0.3 is 4.74 Å². The van der Waals surface area contributed by atoms with Crippen LogP contribution in [-0.4, -0.2) is 11.9 Å². The summed E-state index contributed by atoms with van der Waals surface area (Å²) in [4.78, 5) is 12.4. The van der Waals surface area contributed by atoms with Crippen molar-refractivity contribution in [2.24, 2.45) is 0 Å². The van der Waals surface area contributed by atoms with Gasteiger partial charge in [0.1, 0.15) is 5.75 Å². The van der Waals surface area contributed by atoms with Crippen LogP contribution in [0.5, 0.6) is 5.75 Å². The smallest absolute Gasteiger partial charge is 0.170 e. The van der Waals surface area contributed by atoms with Crippen molar-refractivity contribution in [2.75, 3.05) is 0 Å². The fourth-order valence-electron chi connectivity index (χ4n) is 2.42. The average Bonchev–Trinajstić information content (AvgIpc) is 2.39. The monoisotopic (exact) mass is 258 g/mol. The Bertz CT molecular complexity index is 472.